The van der Waals surface area contributed by atoms with E-state index in [1.54, 1.807) is 11.3 Å². The normalized spacial score (nSPS) is 23.2. The van der Waals surface area contributed by atoms with Crippen LogP contribution in [0, 0.1) is 5.41 Å². The maximum atomic E-state index is 5.98. The van der Waals surface area contributed by atoms with Gasteiger partial charge in [-0.15, -0.1) is 11.3 Å². The molecule has 3 heteroatoms. The molecule has 1 aromatic rings. The summed E-state index contributed by atoms with van der Waals surface area (Å²) in [5, 5.41) is 0. The summed E-state index contributed by atoms with van der Waals surface area (Å²) < 4.78 is 0.695. The smallest absolute Gasteiger partial charge is 0.184 e. The third-order valence-electron chi connectivity index (χ3n) is 2.85. The zero-order chi connectivity index (χ0) is 10.6. The van der Waals surface area contributed by atoms with Gasteiger partial charge in [0.05, 0.1) is 5.69 Å². The van der Waals surface area contributed by atoms with Crippen molar-refractivity contribution in [3.63, 3.8) is 0 Å². The highest BCUT2D eigenvalue weighted by Gasteiger charge is 2.39. The molecule has 0 saturated heterocycles. The van der Waals surface area contributed by atoms with Gasteiger partial charge in [0, 0.05) is 10.3 Å². The van der Waals surface area contributed by atoms with Gasteiger partial charge in [0.15, 0.2) is 4.47 Å². The number of fused-ring (bicyclic) bond motifs is 1. The first-order chi connectivity index (χ1) is 6.30. The highest BCUT2D eigenvalue weighted by atomic mass is 35.5. The Bertz CT molecular complexity index is 365. The van der Waals surface area contributed by atoms with Gasteiger partial charge in [-0.05, 0) is 18.3 Å². The Labute approximate surface area is 94.5 Å². The van der Waals surface area contributed by atoms with Crippen LogP contribution in [0.2, 0.25) is 4.47 Å². The molecule has 14 heavy (non-hydrogen) atoms. The van der Waals surface area contributed by atoms with E-state index in [0.717, 1.165) is 6.42 Å². The second kappa shape index (κ2) is 2.96. The lowest BCUT2D eigenvalue weighted by molar-refractivity contribution is 0.232. The molecule has 1 aliphatic rings. The summed E-state index contributed by atoms with van der Waals surface area (Å²) in [4.78, 5) is 5.82. The molecule has 0 aromatic carbocycles. The van der Waals surface area contributed by atoms with Crippen LogP contribution >= 0.6 is 22.9 Å². The van der Waals surface area contributed by atoms with Crippen molar-refractivity contribution in [1.82, 2.24) is 4.98 Å². The van der Waals surface area contributed by atoms with Gasteiger partial charge in [-0.1, -0.05) is 39.3 Å². The Kier molecular flexibility index (Phi) is 2.20. The molecule has 0 bridgehead atoms. The van der Waals surface area contributed by atoms with E-state index in [-0.39, 0.29) is 5.41 Å². The molecular formula is C11H16ClNS. The van der Waals surface area contributed by atoms with Gasteiger partial charge in [0.1, 0.15) is 0 Å². The zero-order valence-corrected chi connectivity index (χ0v) is 10.7. The Morgan fingerprint density at radius 1 is 1.29 bits per heavy atom. The van der Waals surface area contributed by atoms with Gasteiger partial charge >= 0.3 is 0 Å². The largest absolute Gasteiger partial charge is 0.230 e. The van der Waals surface area contributed by atoms with E-state index < -0.39 is 0 Å². The van der Waals surface area contributed by atoms with E-state index in [2.05, 4.69) is 32.7 Å². The summed E-state index contributed by atoms with van der Waals surface area (Å²) in [6, 6.07) is 0. The number of thiazole rings is 1. The molecule has 0 unspecified atom stereocenters. The summed E-state index contributed by atoms with van der Waals surface area (Å²) in [5.41, 5.74) is 1.82. The molecule has 1 aliphatic carbocycles. The number of hydrogen-bond acceptors (Lipinski definition) is 2. The number of halogens is 1. The van der Waals surface area contributed by atoms with E-state index in [4.69, 9.17) is 11.6 Å². The average Bonchev–Trinajstić information content (AvgIpc) is 2.25. The monoisotopic (exact) mass is 229 g/mol. The second-order valence-corrected chi connectivity index (χ2v) is 7.23. The molecule has 1 nitrogen and oxygen atoms in total. The molecule has 78 valence electrons. The molecule has 2 rings (SSSR count). The van der Waals surface area contributed by atoms with Crippen LogP contribution in [-0.4, -0.2) is 4.98 Å². The van der Waals surface area contributed by atoms with Crippen molar-refractivity contribution in [2.45, 2.75) is 46.0 Å². The Morgan fingerprint density at radius 2 is 1.93 bits per heavy atom. The molecule has 0 N–H and O–H groups in total. The molecule has 0 spiro atoms. The van der Waals surface area contributed by atoms with Crippen LogP contribution in [0.1, 0.15) is 44.7 Å². The minimum atomic E-state index is 0.238. The lowest BCUT2D eigenvalue weighted by Crippen LogP contribution is -2.33. The topological polar surface area (TPSA) is 12.9 Å². The lowest BCUT2D eigenvalue weighted by Gasteiger charge is -2.39. The van der Waals surface area contributed by atoms with Crippen molar-refractivity contribution in [3.05, 3.63) is 15.0 Å². The Balaban J connectivity index is 2.52. The third-order valence-corrected chi connectivity index (χ3v) is 4.42. The molecule has 0 atom stereocenters. The standard InChI is InChI=1S/C11H16ClNS/c1-10(2)5-7-8(11(3,4)6-10)14-9(12)13-7/h5-6H2,1-4H3. The highest BCUT2D eigenvalue weighted by molar-refractivity contribution is 7.16. The fourth-order valence-corrected chi connectivity index (χ4v) is 4.01. The van der Waals surface area contributed by atoms with Crippen LogP contribution in [-0.2, 0) is 11.8 Å². The second-order valence-electron chi connectivity index (χ2n) is 5.64. The maximum Gasteiger partial charge on any atom is 0.184 e. The highest BCUT2D eigenvalue weighted by Crippen LogP contribution is 2.48. The maximum absolute atomic E-state index is 5.98. The van der Waals surface area contributed by atoms with Crippen molar-refractivity contribution >= 4 is 22.9 Å². The van der Waals surface area contributed by atoms with Crippen LogP contribution in [0.5, 0.6) is 0 Å². The van der Waals surface area contributed by atoms with Crippen molar-refractivity contribution in [2.24, 2.45) is 5.41 Å². The van der Waals surface area contributed by atoms with Crippen molar-refractivity contribution in [1.29, 1.82) is 0 Å². The quantitative estimate of drug-likeness (QED) is 0.654. The van der Waals surface area contributed by atoms with Crippen LogP contribution in [0.15, 0.2) is 0 Å². The molecule has 0 amide bonds. The Hall–Kier alpha value is -0.0800. The average molecular weight is 230 g/mol. The predicted molar refractivity (Wildman–Crippen MR) is 62.3 cm³/mol. The van der Waals surface area contributed by atoms with Gasteiger partial charge in [-0.3, -0.25) is 0 Å². The third kappa shape index (κ3) is 1.70. The van der Waals surface area contributed by atoms with Crippen molar-refractivity contribution in [3.8, 4) is 0 Å². The van der Waals surface area contributed by atoms with E-state index >= 15 is 0 Å². The van der Waals surface area contributed by atoms with E-state index in [9.17, 15) is 0 Å². The van der Waals surface area contributed by atoms with Gasteiger partial charge in [0.25, 0.3) is 0 Å². The van der Waals surface area contributed by atoms with E-state index in [1.165, 1.54) is 17.0 Å². The van der Waals surface area contributed by atoms with Gasteiger partial charge in [-0.25, -0.2) is 4.98 Å². The van der Waals surface area contributed by atoms with Crippen molar-refractivity contribution in [2.75, 3.05) is 0 Å². The van der Waals surface area contributed by atoms with Crippen LogP contribution < -0.4 is 0 Å². The zero-order valence-electron chi connectivity index (χ0n) is 9.15. The molecule has 1 heterocycles. The van der Waals surface area contributed by atoms with Crippen LogP contribution in [0.25, 0.3) is 0 Å². The van der Waals surface area contributed by atoms with Gasteiger partial charge in [-0.2, -0.15) is 0 Å². The first kappa shape index (κ1) is 10.4. The number of nitrogens with zero attached hydrogens (tertiary/aromatic N) is 1. The number of aromatic nitrogens is 1. The lowest BCUT2D eigenvalue weighted by atomic mass is 9.67. The minimum Gasteiger partial charge on any atom is -0.230 e. The predicted octanol–water partition coefficient (Wildman–Crippen LogP) is 4.05. The SMILES string of the molecule is CC1(C)Cc2nc(Cl)sc2C(C)(C)C1. The summed E-state index contributed by atoms with van der Waals surface area (Å²) in [6.07, 6.45) is 2.28. The molecule has 0 saturated carbocycles. The Morgan fingerprint density at radius 3 is 2.57 bits per heavy atom. The summed E-state index contributed by atoms with van der Waals surface area (Å²) in [5.74, 6) is 0. The van der Waals surface area contributed by atoms with E-state index in [0.29, 0.717) is 9.88 Å². The van der Waals surface area contributed by atoms with E-state index in [1.807, 2.05) is 0 Å². The summed E-state index contributed by atoms with van der Waals surface area (Å²) in [7, 11) is 0. The summed E-state index contributed by atoms with van der Waals surface area (Å²) in [6.45, 7) is 9.21. The molecule has 0 radical (unpaired) electrons. The fourth-order valence-electron chi connectivity index (χ4n) is 2.76. The van der Waals surface area contributed by atoms with Gasteiger partial charge in [0.2, 0.25) is 0 Å². The summed E-state index contributed by atoms with van der Waals surface area (Å²) >= 11 is 7.63. The van der Waals surface area contributed by atoms with Crippen molar-refractivity contribution < 1.29 is 0 Å². The van der Waals surface area contributed by atoms with Crippen LogP contribution in [0.4, 0.5) is 0 Å². The first-order valence-electron chi connectivity index (χ1n) is 4.96. The minimum absolute atomic E-state index is 0.238. The molecule has 0 fully saturated rings. The molecule has 0 aliphatic heterocycles. The molecular weight excluding hydrogens is 214 g/mol. The molecule has 1 aromatic heterocycles. The number of rotatable bonds is 0. The van der Waals surface area contributed by atoms with Gasteiger partial charge < -0.3 is 0 Å². The van der Waals surface area contributed by atoms with Crippen LogP contribution in [0.3, 0.4) is 0 Å². The fraction of sp³-hybridized carbons (Fsp3) is 0.727. The first-order valence-corrected chi connectivity index (χ1v) is 6.15. The number of hydrogen-bond donors (Lipinski definition) is 0.